The highest BCUT2D eigenvalue weighted by Gasteiger charge is 2.14. The summed E-state index contributed by atoms with van der Waals surface area (Å²) < 4.78 is 7.34. The number of aromatic nitrogens is 2. The van der Waals surface area contributed by atoms with Crippen molar-refractivity contribution < 1.29 is 9.53 Å². The number of nitrogens with zero attached hydrogens (tertiary/aromatic N) is 2. The molecule has 0 N–H and O–H groups in total. The van der Waals surface area contributed by atoms with E-state index in [2.05, 4.69) is 60.0 Å². The molecule has 0 aliphatic heterocycles. The molecule has 0 aliphatic rings. The fraction of sp³-hybridized carbons (Fsp3) is 0.200. The third-order valence-corrected chi connectivity index (χ3v) is 5.06. The zero-order valence-corrected chi connectivity index (χ0v) is 16.8. The molecule has 3 aromatic carbocycles. The van der Waals surface area contributed by atoms with E-state index in [0.29, 0.717) is 18.7 Å². The van der Waals surface area contributed by atoms with Crippen LogP contribution in [0, 0.1) is 0 Å². The summed E-state index contributed by atoms with van der Waals surface area (Å²) >= 11 is 0. The minimum atomic E-state index is -0.299. The summed E-state index contributed by atoms with van der Waals surface area (Å²) in [4.78, 5) is 16.9. The Balaban J connectivity index is 1.67. The lowest BCUT2D eigenvalue weighted by Gasteiger charge is -2.10. The Labute approximate surface area is 170 Å². The molecule has 4 heteroatoms. The van der Waals surface area contributed by atoms with Crippen molar-refractivity contribution in [2.24, 2.45) is 0 Å². The Hall–Kier alpha value is -3.40. The number of fused-ring (bicyclic) bond motifs is 1. The van der Waals surface area contributed by atoms with Crippen LogP contribution in [0.2, 0.25) is 0 Å². The summed E-state index contributed by atoms with van der Waals surface area (Å²) in [5.74, 6) is 0.709. The first kappa shape index (κ1) is 18.9. The fourth-order valence-electron chi connectivity index (χ4n) is 3.58. The molecule has 0 fully saturated rings. The summed E-state index contributed by atoms with van der Waals surface area (Å²) in [6.07, 6.45) is 0.825. The number of benzene rings is 3. The SMILES string of the molecule is CCOC(=O)c1ccc2nc(CC)n(Cc3ccc(-c4ccccc4)cc3)c2c1. The summed E-state index contributed by atoms with van der Waals surface area (Å²) in [5.41, 5.74) is 6.02. The molecule has 0 aliphatic carbocycles. The maximum absolute atomic E-state index is 12.2. The monoisotopic (exact) mass is 384 g/mol. The smallest absolute Gasteiger partial charge is 0.338 e. The van der Waals surface area contributed by atoms with E-state index in [-0.39, 0.29) is 5.97 Å². The molecule has 4 aromatic rings. The average molecular weight is 384 g/mol. The van der Waals surface area contributed by atoms with E-state index in [9.17, 15) is 4.79 Å². The van der Waals surface area contributed by atoms with Crippen molar-refractivity contribution in [3.05, 3.63) is 89.7 Å². The number of hydrogen-bond donors (Lipinski definition) is 0. The second kappa shape index (κ2) is 8.31. The zero-order chi connectivity index (χ0) is 20.2. The second-order valence-electron chi connectivity index (χ2n) is 6.95. The number of imidazole rings is 1. The van der Waals surface area contributed by atoms with E-state index in [1.807, 2.05) is 25.1 Å². The van der Waals surface area contributed by atoms with Crippen molar-refractivity contribution in [2.75, 3.05) is 6.61 Å². The van der Waals surface area contributed by atoms with Gasteiger partial charge in [-0.3, -0.25) is 0 Å². The Morgan fingerprint density at radius 2 is 1.66 bits per heavy atom. The van der Waals surface area contributed by atoms with E-state index in [4.69, 9.17) is 9.72 Å². The molecule has 1 heterocycles. The molecular formula is C25H24N2O2. The molecule has 29 heavy (non-hydrogen) atoms. The van der Waals surface area contributed by atoms with Crippen molar-refractivity contribution in [3.8, 4) is 11.1 Å². The second-order valence-corrected chi connectivity index (χ2v) is 6.95. The van der Waals surface area contributed by atoms with Gasteiger partial charge in [-0.15, -0.1) is 0 Å². The van der Waals surface area contributed by atoms with Gasteiger partial charge in [-0.2, -0.15) is 0 Å². The molecule has 4 rings (SSSR count). The van der Waals surface area contributed by atoms with Crippen LogP contribution in [0.15, 0.2) is 72.8 Å². The fourth-order valence-corrected chi connectivity index (χ4v) is 3.58. The minimum Gasteiger partial charge on any atom is -0.462 e. The minimum absolute atomic E-state index is 0.299. The number of carbonyl (C=O) groups excluding carboxylic acids is 1. The highest BCUT2D eigenvalue weighted by Crippen LogP contribution is 2.23. The lowest BCUT2D eigenvalue weighted by Crippen LogP contribution is -2.06. The van der Waals surface area contributed by atoms with Gasteiger partial charge < -0.3 is 9.30 Å². The molecule has 0 saturated heterocycles. The molecule has 0 saturated carbocycles. The van der Waals surface area contributed by atoms with Crippen LogP contribution in [0.1, 0.15) is 35.6 Å². The lowest BCUT2D eigenvalue weighted by molar-refractivity contribution is 0.0526. The first-order valence-electron chi connectivity index (χ1n) is 10.00. The standard InChI is InChI=1S/C25H24N2O2/c1-3-24-26-22-15-14-21(25(28)29-4-2)16-23(22)27(24)17-18-10-12-20(13-11-18)19-8-6-5-7-9-19/h5-16H,3-4,17H2,1-2H3. The molecule has 1 aromatic heterocycles. The Morgan fingerprint density at radius 3 is 2.34 bits per heavy atom. The molecule has 146 valence electrons. The largest absolute Gasteiger partial charge is 0.462 e. The average Bonchev–Trinajstić information content (AvgIpc) is 3.12. The van der Waals surface area contributed by atoms with Crippen LogP contribution >= 0.6 is 0 Å². The van der Waals surface area contributed by atoms with Crippen molar-refractivity contribution in [3.63, 3.8) is 0 Å². The van der Waals surface area contributed by atoms with Gasteiger partial charge in [0.1, 0.15) is 5.82 Å². The number of carbonyl (C=O) groups is 1. The van der Waals surface area contributed by atoms with E-state index in [1.165, 1.54) is 16.7 Å². The van der Waals surface area contributed by atoms with Crippen LogP contribution in [-0.4, -0.2) is 22.1 Å². The third-order valence-electron chi connectivity index (χ3n) is 5.06. The molecule has 0 amide bonds. The van der Waals surface area contributed by atoms with Crippen LogP contribution in [0.3, 0.4) is 0 Å². The highest BCUT2D eigenvalue weighted by atomic mass is 16.5. The molecule has 0 bridgehead atoms. The van der Waals surface area contributed by atoms with Gasteiger partial charge in [-0.1, -0.05) is 61.5 Å². The Kier molecular flexibility index (Phi) is 5.43. The van der Waals surface area contributed by atoms with Crippen LogP contribution in [-0.2, 0) is 17.7 Å². The Morgan fingerprint density at radius 1 is 0.931 bits per heavy atom. The van der Waals surface area contributed by atoms with Gasteiger partial charge in [-0.05, 0) is 41.8 Å². The van der Waals surface area contributed by atoms with E-state index in [0.717, 1.165) is 23.3 Å². The molecular weight excluding hydrogens is 360 g/mol. The molecule has 0 unspecified atom stereocenters. The lowest BCUT2D eigenvalue weighted by atomic mass is 10.0. The van der Waals surface area contributed by atoms with Crippen molar-refractivity contribution in [1.29, 1.82) is 0 Å². The van der Waals surface area contributed by atoms with Crippen LogP contribution in [0.25, 0.3) is 22.2 Å². The van der Waals surface area contributed by atoms with Crippen molar-refractivity contribution in [1.82, 2.24) is 9.55 Å². The normalized spacial score (nSPS) is 11.0. The summed E-state index contributed by atoms with van der Waals surface area (Å²) in [6.45, 7) is 4.99. The molecule has 0 radical (unpaired) electrons. The summed E-state index contributed by atoms with van der Waals surface area (Å²) in [5, 5.41) is 0. The highest BCUT2D eigenvalue weighted by molar-refractivity contribution is 5.93. The number of ether oxygens (including phenoxy) is 1. The van der Waals surface area contributed by atoms with Crippen molar-refractivity contribution in [2.45, 2.75) is 26.8 Å². The number of rotatable bonds is 6. The summed E-state index contributed by atoms with van der Waals surface area (Å²) in [6, 6.07) is 24.5. The summed E-state index contributed by atoms with van der Waals surface area (Å²) in [7, 11) is 0. The maximum atomic E-state index is 12.2. The van der Waals surface area contributed by atoms with Gasteiger partial charge in [0.05, 0.1) is 23.2 Å². The van der Waals surface area contributed by atoms with Crippen LogP contribution in [0.5, 0.6) is 0 Å². The molecule has 4 nitrogen and oxygen atoms in total. The van der Waals surface area contributed by atoms with Gasteiger partial charge in [-0.25, -0.2) is 9.78 Å². The zero-order valence-electron chi connectivity index (χ0n) is 16.8. The van der Waals surface area contributed by atoms with Crippen molar-refractivity contribution >= 4 is 17.0 Å². The predicted molar refractivity (Wildman–Crippen MR) is 116 cm³/mol. The number of hydrogen-bond acceptors (Lipinski definition) is 3. The van der Waals surface area contributed by atoms with Crippen LogP contribution in [0.4, 0.5) is 0 Å². The van der Waals surface area contributed by atoms with E-state index in [1.54, 1.807) is 6.07 Å². The molecule has 0 atom stereocenters. The first-order chi connectivity index (χ1) is 14.2. The van der Waals surface area contributed by atoms with E-state index < -0.39 is 0 Å². The number of aryl methyl sites for hydroxylation is 1. The first-order valence-corrected chi connectivity index (χ1v) is 10.00. The Bertz CT molecular complexity index is 1130. The quantitative estimate of drug-likeness (QED) is 0.413. The van der Waals surface area contributed by atoms with Gasteiger partial charge in [0, 0.05) is 13.0 Å². The van der Waals surface area contributed by atoms with Gasteiger partial charge in [0.25, 0.3) is 0 Å². The third kappa shape index (κ3) is 3.92. The maximum Gasteiger partial charge on any atom is 0.338 e. The molecule has 0 spiro atoms. The van der Waals surface area contributed by atoms with Crippen LogP contribution < -0.4 is 0 Å². The van der Waals surface area contributed by atoms with E-state index >= 15 is 0 Å². The van der Waals surface area contributed by atoms with Gasteiger partial charge in [0.15, 0.2) is 0 Å². The predicted octanol–water partition coefficient (Wildman–Crippen LogP) is 5.49. The topological polar surface area (TPSA) is 44.1 Å². The van der Waals surface area contributed by atoms with Gasteiger partial charge >= 0.3 is 5.97 Å². The van der Waals surface area contributed by atoms with Gasteiger partial charge in [0.2, 0.25) is 0 Å². The number of esters is 1.